The number of para-hydroxylation sites is 1. The van der Waals surface area contributed by atoms with Gasteiger partial charge >= 0.3 is 0 Å². The normalized spacial score (nSPS) is 13.1. The van der Waals surface area contributed by atoms with Gasteiger partial charge in [0.25, 0.3) is 0 Å². The average Bonchev–Trinajstić information content (AvgIpc) is 2.33. The van der Waals surface area contributed by atoms with Gasteiger partial charge in [-0.05, 0) is 34.5 Å². The van der Waals surface area contributed by atoms with E-state index < -0.39 is 9.05 Å². The number of rotatable bonds is 7. The van der Waals surface area contributed by atoms with E-state index in [9.17, 15) is 8.42 Å². The van der Waals surface area contributed by atoms with Gasteiger partial charge in [0.1, 0.15) is 0 Å². The fourth-order valence-electron chi connectivity index (χ4n) is 1.56. The van der Waals surface area contributed by atoms with E-state index in [1.165, 1.54) is 0 Å². The summed E-state index contributed by atoms with van der Waals surface area (Å²) in [6, 6.07) is 5.44. The highest BCUT2D eigenvalue weighted by atomic mass is 79.9. The lowest BCUT2D eigenvalue weighted by atomic mass is 10.1. The molecule has 0 radical (unpaired) electrons. The Labute approximate surface area is 126 Å². The van der Waals surface area contributed by atoms with E-state index in [4.69, 9.17) is 20.2 Å². The zero-order valence-electron chi connectivity index (χ0n) is 10.7. The second kappa shape index (κ2) is 7.36. The molecule has 0 aliphatic heterocycles. The maximum atomic E-state index is 11.1. The van der Waals surface area contributed by atoms with E-state index in [1.807, 2.05) is 19.1 Å². The molecule has 0 spiro atoms. The molecule has 0 aliphatic carbocycles. The van der Waals surface area contributed by atoms with Gasteiger partial charge in [-0.2, -0.15) is 0 Å². The second-order valence-electron chi connectivity index (χ2n) is 4.06. The van der Waals surface area contributed by atoms with Gasteiger partial charge in [-0.1, -0.05) is 13.0 Å². The molecule has 0 saturated heterocycles. The lowest BCUT2D eigenvalue weighted by Gasteiger charge is -2.17. The number of hydrogen-bond acceptors (Lipinski definition) is 4. The van der Waals surface area contributed by atoms with Crippen LogP contribution in [0.5, 0.6) is 11.5 Å². The molecule has 0 N–H and O–H groups in total. The second-order valence-corrected chi connectivity index (χ2v) is 7.74. The number of ether oxygens (including phenoxy) is 2. The Kier molecular flexibility index (Phi) is 6.42. The molecule has 19 heavy (non-hydrogen) atoms. The number of benzene rings is 1. The minimum absolute atomic E-state index is 0.0994. The minimum Gasteiger partial charge on any atom is -0.493 e. The fraction of sp³-hybridized carbons (Fsp3) is 0.500. The van der Waals surface area contributed by atoms with E-state index in [2.05, 4.69) is 15.9 Å². The number of halogens is 2. The van der Waals surface area contributed by atoms with Crippen LogP contribution in [0.15, 0.2) is 22.7 Å². The zero-order chi connectivity index (χ0) is 14.5. The lowest BCUT2D eigenvalue weighted by Crippen LogP contribution is -2.19. The highest BCUT2D eigenvalue weighted by molar-refractivity contribution is 9.10. The van der Waals surface area contributed by atoms with Gasteiger partial charge in [0.15, 0.2) is 11.5 Å². The molecule has 0 fully saturated rings. The van der Waals surface area contributed by atoms with Crippen LogP contribution in [0.4, 0.5) is 0 Å². The molecule has 1 aromatic carbocycles. The Hall–Kier alpha value is -0.460. The number of hydrogen-bond donors (Lipinski definition) is 0. The van der Waals surface area contributed by atoms with E-state index >= 15 is 0 Å². The van der Waals surface area contributed by atoms with Crippen molar-refractivity contribution >= 4 is 35.7 Å². The van der Waals surface area contributed by atoms with Crippen LogP contribution >= 0.6 is 26.6 Å². The van der Waals surface area contributed by atoms with Crippen LogP contribution in [0, 0.1) is 5.92 Å². The zero-order valence-corrected chi connectivity index (χ0v) is 13.9. The molecule has 1 rings (SSSR count). The topological polar surface area (TPSA) is 52.6 Å². The van der Waals surface area contributed by atoms with Crippen molar-refractivity contribution in [3.63, 3.8) is 0 Å². The Morgan fingerprint density at radius 2 is 2.11 bits per heavy atom. The summed E-state index contributed by atoms with van der Waals surface area (Å²) in [5, 5.41) is 0. The summed E-state index contributed by atoms with van der Waals surface area (Å²) in [6.45, 7) is 2.16. The van der Waals surface area contributed by atoms with Crippen molar-refractivity contribution in [2.24, 2.45) is 5.92 Å². The molecular weight excluding hydrogens is 356 g/mol. The Balaban J connectivity index is 2.75. The Morgan fingerprint density at radius 3 is 2.63 bits per heavy atom. The molecule has 4 nitrogen and oxygen atoms in total. The summed E-state index contributed by atoms with van der Waals surface area (Å²) < 4.78 is 33.8. The summed E-state index contributed by atoms with van der Waals surface area (Å²) in [4.78, 5) is 0. The Morgan fingerprint density at radius 1 is 1.42 bits per heavy atom. The summed E-state index contributed by atoms with van der Waals surface area (Å²) in [5.74, 6) is 0.908. The maximum absolute atomic E-state index is 11.1. The molecule has 0 aliphatic rings. The van der Waals surface area contributed by atoms with Crippen molar-refractivity contribution in [3.8, 4) is 11.5 Å². The molecule has 1 aromatic rings. The molecule has 0 aromatic heterocycles. The predicted octanol–water partition coefficient (Wildman–Crippen LogP) is 3.43. The first-order valence-electron chi connectivity index (χ1n) is 5.75. The van der Waals surface area contributed by atoms with Crippen molar-refractivity contribution in [2.75, 3.05) is 19.5 Å². The van der Waals surface area contributed by atoms with Gasteiger partial charge < -0.3 is 9.47 Å². The van der Waals surface area contributed by atoms with Crippen molar-refractivity contribution in [2.45, 2.75) is 13.3 Å². The molecule has 108 valence electrons. The van der Waals surface area contributed by atoms with Crippen LogP contribution < -0.4 is 9.47 Å². The maximum Gasteiger partial charge on any atom is 0.232 e. The third-order valence-corrected chi connectivity index (χ3v) is 4.50. The smallest absolute Gasteiger partial charge is 0.232 e. The van der Waals surface area contributed by atoms with Gasteiger partial charge in [0.05, 0.1) is 23.9 Å². The third kappa shape index (κ3) is 5.58. The fourth-order valence-corrected chi connectivity index (χ4v) is 3.45. The van der Waals surface area contributed by atoms with Gasteiger partial charge in [0, 0.05) is 16.6 Å². The number of methoxy groups -OCH3 is 1. The molecular formula is C12H16BrClO4S. The van der Waals surface area contributed by atoms with Crippen molar-refractivity contribution in [3.05, 3.63) is 22.7 Å². The summed E-state index contributed by atoms with van der Waals surface area (Å²) in [7, 11) is 3.30. The SMILES string of the molecule is CCC(COc1c(Br)cccc1OC)CS(=O)(=O)Cl. The van der Waals surface area contributed by atoms with Crippen LogP contribution in [0.25, 0.3) is 0 Å². The largest absolute Gasteiger partial charge is 0.493 e. The lowest BCUT2D eigenvalue weighted by molar-refractivity contribution is 0.244. The molecule has 1 unspecified atom stereocenters. The molecule has 7 heteroatoms. The van der Waals surface area contributed by atoms with Crippen LogP contribution in [0.2, 0.25) is 0 Å². The van der Waals surface area contributed by atoms with Crippen molar-refractivity contribution in [1.82, 2.24) is 0 Å². The van der Waals surface area contributed by atoms with E-state index in [-0.39, 0.29) is 18.3 Å². The third-order valence-electron chi connectivity index (χ3n) is 2.63. The standard InChI is InChI=1S/C12H16BrClO4S/c1-3-9(8-19(14,15)16)7-18-12-10(13)5-4-6-11(12)17-2/h4-6,9H,3,7-8H2,1-2H3. The summed E-state index contributed by atoms with van der Waals surface area (Å²) >= 11 is 3.37. The first-order valence-corrected chi connectivity index (χ1v) is 9.02. The highest BCUT2D eigenvalue weighted by Crippen LogP contribution is 2.35. The van der Waals surface area contributed by atoms with Crippen molar-refractivity contribution in [1.29, 1.82) is 0 Å². The van der Waals surface area contributed by atoms with Gasteiger partial charge in [-0.15, -0.1) is 0 Å². The van der Waals surface area contributed by atoms with Gasteiger partial charge in [0.2, 0.25) is 9.05 Å². The molecule has 0 amide bonds. The highest BCUT2D eigenvalue weighted by Gasteiger charge is 2.18. The first-order chi connectivity index (χ1) is 8.87. The van der Waals surface area contributed by atoms with E-state index in [0.29, 0.717) is 17.9 Å². The monoisotopic (exact) mass is 370 g/mol. The van der Waals surface area contributed by atoms with Crippen LogP contribution in [0.3, 0.4) is 0 Å². The van der Waals surface area contributed by atoms with Crippen LogP contribution in [-0.4, -0.2) is 27.9 Å². The van der Waals surface area contributed by atoms with Gasteiger partial charge in [-0.3, -0.25) is 0 Å². The van der Waals surface area contributed by atoms with Crippen molar-refractivity contribution < 1.29 is 17.9 Å². The van der Waals surface area contributed by atoms with Crippen LogP contribution in [0.1, 0.15) is 13.3 Å². The summed E-state index contributed by atoms with van der Waals surface area (Å²) in [6.07, 6.45) is 0.665. The van der Waals surface area contributed by atoms with E-state index in [0.717, 1.165) is 4.47 Å². The first kappa shape index (κ1) is 16.6. The summed E-state index contributed by atoms with van der Waals surface area (Å²) in [5.41, 5.74) is 0. The Bertz CT molecular complexity index is 518. The molecule has 0 bridgehead atoms. The average molecular weight is 372 g/mol. The quantitative estimate of drug-likeness (QED) is 0.689. The predicted molar refractivity (Wildman–Crippen MR) is 79.6 cm³/mol. The molecule has 1 atom stereocenters. The van der Waals surface area contributed by atoms with Gasteiger partial charge in [-0.25, -0.2) is 8.42 Å². The van der Waals surface area contributed by atoms with Crippen LogP contribution in [-0.2, 0) is 9.05 Å². The molecule has 0 heterocycles. The minimum atomic E-state index is -3.52. The van der Waals surface area contributed by atoms with E-state index in [1.54, 1.807) is 13.2 Å². The molecule has 0 saturated carbocycles.